The highest BCUT2D eigenvalue weighted by Gasteiger charge is 2.37. The second-order valence-electron chi connectivity index (χ2n) is 6.26. The lowest BCUT2D eigenvalue weighted by Gasteiger charge is -2.36. The Balaban J connectivity index is 2.17. The maximum atomic E-state index is 14.2. The minimum absolute atomic E-state index is 0.0529. The largest absolute Gasteiger partial charge is 0.486 e. The molecule has 4 nitrogen and oxygen atoms in total. The van der Waals surface area contributed by atoms with Gasteiger partial charge in [-0.3, -0.25) is 0 Å². The molecule has 2 aliphatic rings. The van der Waals surface area contributed by atoms with Crippen LogP contribution in [0.1, 0.15) is 26.2 Å². The van der Waals surface area contributed by atoms with Crippen molar-refractivity contribution in [3.05, 3.63) is 23.4 Å². The molecule has 0 saturated carbocycles. The van der Waals surface area contributed by atoms with Crippen molar-refractivity contribution in [3.8, 4) is 0 Å². The van der Waals surface area contributed by atoms with Gasteiger partial charge in [-0.1, -0.05) is 0 Å². The second kappa shape index (κ2) is 7.86. The molecule has 0 bridgehead atoms. The minimum Gasteiger partial charge on any atom is -0.486 e. The lowest BCUT2D eigenvalue weighted by molar-refractivity contribution is -0.114. The molecule has 1 aliphatic carbocycles. The SMILES string of the molecule is C[C@]1(C=O)CC(OC(CF)CF)=C(F)C=C1NC1CCNCC1. The van der Waals surface area contributed by atoms with Crippen LogP contribution in [-0.4, -0.2) is 44.9 Å². The van der Waals surface area contributed by atoms with Gasteiger partial charge in [0.05, 0.1) is 5.41 Å². The third kappa shape index (κ3) is 4.28. The van der Waals surface area contributed by atoms with Crippen LogP contribution in [0.15, 0.2) is 23.4 Å². The molecule has 0 aromatic rings. The third-order valence-electron chi connectivity index (χ3n) is 4.29. The van der Waals surface area contributed by atoms with E-state index < -0.39 is 30.7 Å². The van der Waals surface area contributed by atoms with E-state index in [0.717, 1.165) is 32.2 Å². The molecule has 1 aliphatic heterocycles. The standard InChI is InChI=1S/C16H23F3N2O2/c1-16(10-22)7-14(23-12(8-17)9-18)13(19)6-15(16)21-11-2-4-20-5-3-11/h6,10-12,20-21H,2-5,7-9H2,1H3/t16-/m1/s1. The minimum atomic E-state index is -1.33. The van der Waals surface area contributed by atoms with Crippen molar-refractivity contribution in [3.63, 3.8) is 0 Å². The molecule has 130 valence electrons. The summed E-state index contributed by atoms with van der Waals surface area (Å²) in [6, 6.07) is 0.168. The van der Waals surface area contributed by atoms with Gasteiger partial charge < -0.3 is 20.2 Å². The first kappa shape index (κ1) is 17.8. The number of nitrogens with one attached hydrogen (secondary N) is 2. The van der Waals surface area contributed by atoms with E-state index in [-0.39, 0.29) is 18.2 Å². The molecular formula is C16H23F3N2O2. The van der Waals surface area contributed by atoms with E-state index in [2.05, 4.69) is 10.6 Å². The van der Waals surface area contributed by atoms with Gasteiger partial charge in [-0.25, -0.2) is 13.2 Å². The molecular weight excluding hydrogens is 309 g/mol. The number of carbonyl (C=O) groups is 1. The number of alkyl halides is 2. The molecule has 0 radical (unpaired) electrons. The fourth-order valence-corrected chi connectivity index (χ4v) is 2.79. The van der Waals surface area contributed by atoms with Gasteiger partial charge in [-0.2, -0.15) is 0 Å². The Morgan fingerprint density at radius 2 is 2.09 bits per heavy atom. The van der Waals surface area contributed by atoms with E-state index in [1.165, 1.54) is 6.08 Å². The molecule has 0 unspecified atom stereocenters. The highest BCUT2D eigenvalue weighted by Crippen LogP contribution is 2.39. The summed E-state index contributed by atoms with van der Waals surface area (Å²) in [5.41, 5.74) is -0.506. The Morgan fingerprint density at radius 1 is 1.43 bits per heavy atom. The van der Waals surface area contributed by atoms with Gasteiger partial charge in [0.25, 0.3) is 0 Å². The van der Waals surface area contributed by atoms with Crippen molar-refractivity contribution in [1.29, 1.82) is 0 Å². The first-order valence-electron chi connectivity index (χ1n) is 7.85. The Bertz CT molecular complexity index is 486. The smallest absolute Gasteiger partial charge is 0.162 e. The van der Waals surface area contributed by atoms with Crippen LogP contribution >= 0.6 is 0 Å². The lowest BCUT2D eigenvalue weighted by Crippen LogP contribution is -2.44. The molecule has 1 atom stereocenters. The molecule has 7 heteroatoms. The first-order chi connectivity index (χ1) is 11.0. The fourth-order valence-electron chi connectivity index (χ4n) is 2.79. The molecule has 0 aromatic heterocycles. The monoisotopic (exact) mass is 332 g/mol. The molecule has 1 saturated heterocycles. The summed E-state index contributed by atoms with van der Waals surface area (Å²) >= 11 is 0. The van der Waals surface area contributed by atoms with Gasteiger partial charge in [-0.15, -0.1) is 0 Å². The molecule has 2 N–H and O–H groups in total. The highest BCUT2D eigenvalue weighted by molar-refractivity contribution is 5.66. The second-order valence-corrected chi connectivity index (χ2v) is 6.26. The number of rotatable bonds is 7. The number of carbonyl (C=O) groups excluding carboxylic acids is 1. The van der Waals surface area contributed by atoms with Crippen LogP contribution in [0, 0.1) is 5.41 Å². The van der Waals surface area contributed by atoms with E-state index in [4.69, 9.17) is 4.74 Å². The maximum Gasteiger partial charge on any atom is 0.162 e. The average molecular weight is 332 g/mol. The van der Waals surface area contributed by atoms with Crippen LogP contribution in [-0.2, 0) is 9.53 Å². The third-order valence-corrected chi connectivity index (χ3v) is 4.29. The summed E-state index contributed by atoms with van der Waals surface area (Å²) in [6.07, 6.45) is 2.31. The Kier molecular flexibility index (Phi) is 6.10. The van der Waals surface area contributed by atoms with Gasteiger partial charge in [0.2, 0.25) is 0 Å². The predicted molar refractivity (Wildman–Crippen MR) is 80.9 cm³/mol. The van der Waals surface area contributed by atoms with Crippen molar-refractivity contribution in [2.24, 2.45) is 5.41 Å². The van der Waals surface area contributed by atoms with Crippen LogP contribution in [0.25, 0.3) is 0 Å². The van der Waals surface area contributed by atoms with Crippen molar-refractivity contribution in [2.45, 2.75) is 38.3 Å². The van der Waals surface area contributed by atoms with Gasteiger partial charge in [-0.05, 0) is 38.9 Å². The molecule has 1 fully saturated rings. The number of allylic oxidation sites excluding steroid dienone is 4. The van der Waals surface area contributed by atoms with Crippen LogP contribution in [0.3, 0.4) is 0 Å². The Labute approximate surface area is 134 Å². The zero-order valence-corrected chi connectivity index (χ0v) is 13.2. The molecule has 1 heterocycles. The predicted octanol–water partition coefficient (Wildman–Crippen LogP) is 2.33. The fraction of sp³-hybridized carbons (Fsp3) is 0.688. The van der Waals surface area contributed by atoms with Gasteiger partial charge >= 0.3 is 0 Å². The van der Waals surface area contributed by atoms with E-state index >= 15 is 0 Å². The van der Waals surface area contributed by atoms with Crippen molar-refractivity contribution in [2.75, 3.05) is 26.4 Å². The van der Waals surface area contributed by atoms with E-state index in [1.54, 1.807) is 6.92 Å². The topological polar surface area (TPSA) is 50.4 Å². The normalized spacial score (nSPS) is 26.2. The van der Waals surface area contributed by atoms with Gasteiger partial charge in [0.1, 0.15) is 25.4 Å². The number of halogens is 3. The van der Waals surface area contributed by atoms with Gasteiger partial charge in [0, 0.05) is 18.2 Å². The van der Waals surface area contributed by atoms with E-state index in [1.807, 2.05) is 0 Å². The summed E-state index contributed by atoms with van der Waals surface area (Å²) in [6.45, 7) is 1.30. The van der Waals surface area contributed by atoms with Crippen LogP contribution in [0.5, 0.6) is 0 Å². The van der Waals surface area contributed by atoms with Gasteiger partial charge in [0.15, 0.2) is 11.9 Å². The number of aldehydes is 1. The van der Waals surface area contributed by atoms with Crippen molar-refractivity contribution < 1.29 is 22.7 Å². The van der Waals surface area contributed by atoms with E-state index in [0.29, 0.717) is 5.70 Å². The molecule has 2 rings (SSSR count). The van der Waals surface area contributed by atoms with E-state index in [9.17, 15) is 18.0 Å². The summed E-state index contributed by atoms with van der Waals surface area (Å²) in [5.74, 6) is -0.858. The van der Waals surface area contributed by atoms with Crippen LogP contribution in [0.4, 0.5) is 13.2 Å². The van der Waals surface area contributed by atoms with Crippen molar-refractivity contribution >= 4 is 6.29 Å². The Morgan fingerprint density at radius 3 is 2.65 bits per heavy atom. The average Bonchev–Trinajstić information content (AvgIpc) is 2.57. The quantitative estimate of drug-likeness (QED) is 0.703. The number of hydrogen-bond donors (Lipinski definition) is 2. The first-order valence-corrected chi connectivity index (χ1v) is 7.85. The summed E-state index contributed by atoms with van der Waals surface area (Å²) in [7, 11) is 0. The number of piperidine rings is 1. The van der Waals surface area contributed by atoms with Crippen molar-refractivity contribution in [1.82, 2.24) is 10.6 Å². The zero-order chi connectivity index (χ0) is 16.9. The molecule has 0 amide bonds. The van der Waals surface area contributed by atoms with Crippen LogP contribution < -0.4 is 10.6 Å². The number of ether oxygens (including phenoxy) is 1. The Hall–Kier alpha value is -1.50. The summed E-state index contributed by atoms with van der Waals surface area (Å²) in [4.78, 5) is 11.6. The van der Waals surface area contributed by atoms with Crippen LogP contribution in [0.2, 0.25) is 0 Å². The molecule has 0 spiro atoms. The zero-order valence-electron chi connectivity index (χ0n) is 13.2. The lowest BCUT2D eigenvalue weighted by atomic mass is 9.80. The molecule has 0 aromatic carbocycles. The highest BCUT2D eigenvalue weighted by atomic mass is 19.1. The molecule has 23 heavy (non-hydrogen) atoms. The summed E-state index contributed by atoms with van der Waals surface area (Å²) < 4.78 is 44.5. The summed E-state index contributed by atoms with van der Waals surface area (Å²) in [5, 5.41) is 6.48. The maximum absolute atomic E-state index is 14.2. The number of hydrogen-bond acceptors (Lipinski definition) is 4.